The van der Waals surface area contributed by atoms with E-state index in [1.807, 2.05) is 53.4 Å². The number of carbonyl (C=O) groups is 2. The molecule has 30 heavy (non-hydrogen) atoms. The van der Waals surface area contributed by atoms with Crippen molar-refractivity contribution in [3.8, 4) is 5.75 Å². The van der Waals surface area contributed by atoms with Crippen molar-refractivity contribution in [2.75, 3.05) is 7.11 Å². The third kappa shape index (κ3) is 3.90. The fraction of sp³-hybridized carbons (Fsp3) is 0.269. The van der Waals surface area contributed by atoms with Gasteiger partial charge in [0.15, 0.2) is 30.5 Å². The van der Waals surface area contributed by atoms with Gasteiger partial charge in [0.25, 0.3) is 0 Å². The lowest BCUT2D eigenvalue weighted by Gasteiger charge is -2.11. The lowest BCUT2D eigenvalue weighted by molar-refractivity contribution is -0.688. The van der Waals surface area contributed by atoms with Crippen LogP contribution in [0.1, 0.15) is 49.9 Å². The normalized spacial score (nSPS) is 15.2. The van der Waals surface area contributed by atoms with Crippen LogP contribution in [0.25, 0.3) is 0 Å². The molecular weight excluding hydrogens is 374 g/mol. The predicted molar refractivity (Wildman–Crippen MR) is 115 cm³/mol. The Morgan fingerprint density at radius 2 is 1.93 bits per heavy atom. The standard InChI is InChI=1S/C26H26NO3/c1-17-6-4-5-7-20(17)15-27-11-10-19(25(16-27)18(2)28)12-22-13-21-14-23(30-3)8-9-24(21)26(22)29/h4-11,14,16,22H,12-13,15H2,1-3H3/q+1. The van der Waals surface area contributed by atoms with Crippen molar-refractivity contribution in [3.05, 3.63) is 94.3 Å². The van der Waals surface area contributed by atoms with E-state index in [-0.39, 0.29) is 17.5 Å². The summed E-state index contributed by atoms with van der Waals surface area (Å²) in [5.41, 5.74) is 5.87. The number of carbonyl (C=O) groups excluding carboxylic acids is 2. The number of hydrogen-bond donors (Lipinski definition) is 0. The zero-order valence-corrected chi connectivity index (χ0v) is 17.6. The SMILES string of the molecule is COc1ccc2c(c1)CC(Cc1cc[n+](Cc3ccccc3C)cc1C(C)=O)C2=O. The van der Waals surface area contributed by atoms with Crippen molar-refractivity contribution in [2.24, 2.45) is 5.92 Å². The molecule has 0 amide bonds. The number of ketones is 2. The van der Waals surface area contributed by atoms with Crippen LogP contribution in [0.2, 0.25) is 0 Å². The van der Waals surface area contributed by atoms with Crippen molar-refractivity contribution in [2.45, 2.75) is 33.2 Å². The van der Waals surface area contributed by atoms with Crippen LogP contribution in [-0.2, 0) is 19.4 Å². The Hall–Kier alpha value is -3.27. The van der Waals surface area contributed by atoms with Gasteiger partial charge in [0.05, 0.1) is 12.7 Å². The second-order valence-corrected chi connectivity index (χ2v) is 8.03. The van der Waals surface area contributed by atoms with Crippen molar-refractivity contribution in [1.29, 1.82) is 0 Å². The highest BCUT2D eigenvalue weighted by Gasteiger charge is 2.32. The lowest BCUT2D eigenvalue weighted by Crippen LogP contribution is -2.35. The molecule has 0 saturated carbocycles. The van der Waals surface area contributed by atoms with Crippen molar-refractivity contribution in [3.63, 3.8) is 0 Å². The van der Waals surface area contributed by atoms with Gasteiger partial charge in [-0.25, -0.2) is 4.57 Å². The minimum absolute atomic E-state index is 0.0220. The van der Waals surface area contributed by atoms with E-state index in [2.05, 4.69) is 19.1 Å². The van der Waals surface area contributed by atoms with Gasteiger partial charge in [0, 0.05) is 23.1 Å². The van der Waals surface area contributed by atoms with Crippen molar-refractivity contribution < 1.29 is 18.9 Å². The van der Waals surface area contributed by atoms with E-state index in [9.17, 15) is 9.59 Å². The van der Waals surface area contributed by atoms with E-state index in [0.717, 1.165) is 22.4 Å². The highest BCUT2D eigenvalue weighted by atomic mass is 16.5. The van der Waals surface area contributed by atoms with E-state index in [4.69, 9.17) is 4.74 Å². The molecule has 0 radical (unpaired) electrons. The van der Waals surface area contributed by atoms with Gasteiger partial charge in [-0.15, -0.1) is 0 Å². The van der Waals surface area contributed by atoms with E-state index in [0.29, 0.717) is 24.9 Å². The molecule has 1 atom stereocenters. The van der Waals surface area contributed by atoms with E-state index in [1.54, 1.807) is 14.0 Å². The number of pyridine rings is 1. The van der Waals surface area contributed by atoms with Gasteiger partial charge in [-0.05, 0) is 61.6 Å². The number of ether oxygens (including phenoxy) is 1. The average molecular weight is 400 g/mol. The van der Waals surface area contributed by atoms with Gasteiger partial charge >= 0.3 is 0 Å². The zero-order chi connectivity index (χ0) is 21.3. The smallest absolute Gasteiger partial charge is 0.180 e. The van der Waals surface area contributed by atoms with Crippen LogP contribution in [0.5, 0.6) is 5.75 Å². The number of aromatic nitrogens is 1. The highest BCUT2D eigenvalue weighted by Crippen LogP contribution is 2.32. The summed E-state index contributed by atoms with van der Waals surface area (Å²) in [6, 6.07) is 15.9. The molecule has 1 heterocycles. The molecule has 0 spiro atoms. The molecule has 0 aliphatic heterocycles. The topological polar surface area (TPSA) is 47.2 Å². The summed E-state index contributed by atoms with van der Waals surface area (Å²) in [7, 11) is 1.63. The Morgan fingerprint density at radius 3 is 2.67 bits per heavy atom. The molecule has 4 heteroatoms. The number of Topliss-reactive ketones (excluding diaryl/α,β-unsaturated/α-hetero) is 2. The monoisotopic (exact) mass is 400 g/mol. The molecule has 3 aromatic rings. The predicted octanol–water partition coefficient (Wildman–Crippen LogP) is 4.14. The first kappa shape index (κ1) is 20.0. The summed E-state index contributed by atoms with van der Waals surface area (Å²) in [4.78, 5) is 25.3. The summed E-state index contributed by atoms with van der Waals surface area (Å²) < 4.78 is 7.33. The minimum Gasteiger partial charge on any atom is -0.497 e. The number of methoxy groups -OCH3 is 1. The summed E-state index contributed by atoms with van der Waals surface area (Å²) in [6.45, 7) is 4.39. The Bertz CT molecular complexity index is 1130. The van der Waals surface area contributed by atoms with Crippen molar-refractivity contribution >= 4 is 11.6 Å². The van der Waals surface area contributed by atoms with Gasteiger partial charge in [0.1, 0.15) is 5.75 Å². The molecule has 0 bridgehead atoms. The fourth-order valence-electron chi connectivity index (χ4n) is 4.26. The maximum absolute atomic E-state index is 12.9. The number of benzene rings is 2. The van der Waals surface area contributed by atoms with Gasteiger partial charge < -0.3 is 4.74 Å². The number of fused-ring (bicyclic) bond motifs is 1. The van der Waals surface area contributed by atoms with Crippen LogP contribution >= 0.6 is 0 Å². The molecule has 1 aliphatic carbocycles. The van der Waals surface area contributed by atoms with Gasteiger partial charge in [-0.1, -0.05) is 24.3 Å². The average Bonchev–Trinajstić information content (AvgIpc) is 3.05. The molecule has 4 rings (SSSR count). The molecule has 0 fully saturated rings. The largest absolute Gasteiger partial charge is 0.497 e. The van der Waals surface area contributed by atoms with Crippen molar-refractivity contribution in [1.82, 2.24) is 0 Å². The second kappa shape index (κ2) is 8.23. The fourth-order valence-corrected chi connectivity index (χ4v) is 4.26. The van der Waals surface area contributed by atoms with Crippen LogP contribution < -0.4 is 9.30 Å². The molecule has 0 saturated heterocycles. The Morgan fingerprint density at radius 1 is 1.13 bits per heavy atom. The second-order valence-electron chi connectivity index (χ2n) is 8.03. The quantitative estimate of drug-likeness (QED) is 0.462. The number of aryl methyl sites for hydroxylation is 1. The Labute approximate surface area is 177 Å². The number of rotatable bonds is 6. The third-order valence-electron chi connectivity index (χ3n) is 5.98. The van der Waals surface area contributed by atoms with Crippen LogP contribution in [-0.4, -0.2) is 18.7 Å². The molecule has 0 N–H and O–H groups in total. The molecule has 1 aliphatic rings. The summed E-state index contributed by atoms with van der Waals surface area (Å²) in [5.74, 6) is 0.800. The first-order valence-corrected chi connectivity index (χ1v) is 10.2. The maximum atomic E-state index is 12.9. The Kier molecular flexibility index (Phi) is 5.49. The lowest BCUT2D eigenvalue weighted by atomic mass is 9.92. The van der Waals surface area contributed by atoms with Gasteiger partial charge in [-0.3, -0.25) is 9.59 Å². The van der Waals surface area contributed by atoms with Gasteiger partial charge in [0.2, 0.25) is 0 Å². The highest BCUT2D eigenvalue weighted by molar-refractivity contribution is 6.03. The van der Waals surface area contributed by atoms with Crippen LogP contribution in [0.3, 0.4) is 0 Å². The summed E-state index contributed by atoms with van der Waals surface area (Å²) >= 11 is 0. The number of nitrogens with zero attached hydrogens (tertiary/aromatic N) is 1. The van der Waals surface area contributed by atoms with E-state index < -0.39 is 0 Å². The first-order chi connectivity index (χ1) is 14.5. The van der Waals surface area contributed by atoms with E-state index in [1.165, 1.54) is 11.1 Å². The van der Waals surface area contributed by atoms with Crippen LogP contribution in [0.15, 0.2) is 60.9 Å². The Balaban J connectivity index is 1.58. The summed E-state index contributed by atoms with van der Waals surface area (Å²) in [6.07, 6.45) is 5.17. The van der Waals surface area contributed by atoms with Crippen LogP contribution in [0.4, 0.5) is 0 Å². The molecule has 152 valence electrons. The zero-order valence-electron chi connectivity index (χ0n) is 17.6. The van der Waals surface area contributed by atoms with Crippen LogP contribution in [0, 0.1) is 12.8 Å². The molecular formula is C26H26NO3+. The third-order valence-corrected chi connectivity index (χ3v) is 5.98. The molecule has 1 unspecified atom stereocenters. The maximum Gasteiger partial charge on any atom is 0.180 e. The number of hydrogen-bond acceptors (Lipinski definition) is 3. The summed E-state index contributed by atoms with van der Waals surface area (Å²) in [5, 5.41) is 0. The van der Waals surface area contributed by atoms with E-state index >= 15 is 0 Å². The molecule has 4 nitrogen and oxygen atoms in total. The van der Waals surface area contributed by atoms with Gasteiger partial charge in [-0.2, -0.15) is 0 Å². The minimum atomic E-state index is -0.141. The molecule has 1 aromatic heterocycles. The molecule has 2 aromatic carbocycles. The first-order valence-electron chi connectivity index (χ1n) is 10.2.